The van der Waals surface area contributed by atoms with Gasteiger partial charge in [0.1, 0.15) is 5.75 Å². The van der Waals surface area contributed by atoms with Crippen LogP contribution >= 0.6 is 15.9 Å². The summed E-state index contributed by atoms with van der Waals surface area (Å²) < 4.78 is 6.90. The zero-order valence-electron chi connectivity index (χ0n) is 11.2. The van der Waals surface area contributed by atoms with Gasteiger partial charge in [-0.15, -0.1) is 0 Å². The fourth-order valence-corrected chi connectivity index (χ4v) is 3.47. The Hall–Kier alpha value is -0.800. The van der Waals surface area contributed by atoms with Crippen LogP contribution < -0.4 is 10.1 Å². The third kappa shape index (κ3) is 3.21. The van der Waals surface area contributed by atoms with E-state index in [2.05, 4.69) is 39.5 Å². The summed E-state index contributed by atoms with van der Waals surface area (Å²) in [6.07, 6.45) is 8.56. The van der Waals surface area contributed by atoms with E-state index in [4.69, 9.17) is 4.74 Å². The molecule has 0 unspecified atom stereocenters. The number of rotatable bonds is 5. The van der Waals surface area contributed by atoms with Gasteiger partial charge in [-0.05, 0) is 49.9 Å². The van der Waals surface area contributed by atoms with Crippen molar-refractivity contribution in [3.8, 4) is 5.75 Å². The topological polar surface area (TPSA) is 21.3 Å². The van der Waals surface area contributed by atoms with E-state index in [0.29, 0.717) is 0 Å². The molecule has 0 saturated carbocycles. The van der Waals surface area contributed by atoms with Gasteiger partial charge in [0, 0.05) is 23.0 Å². The van der Waals surface area contributed by atoms with Crippen molar-refractivity contribution in [3.63, 3.8) is 0 Å². The quantitative estimate of drug-likeness (QED) is 0.654. The van der Waals surface area contributed by atoms with E-state index in [1.165, 1.54) is 36.8 Å². The maximum Gasteiger partial charge on any atom is 0.127 e. The van der Waals surface area contributed by atoms with Crippen LogP contribution in [0, 0.1) is 0 Å². The Morgan fingerprint density at radius 1 is 1.26 bits per heavy atom. The molecule has 0 aromatic heterocycles. The lowest BCUT2D eigenvalue weighted by molar-refractivity contribution is 0.352. The van der Waals surface area contributed by atoms with Crippen LogP contribution in [0.3, 0.4) is 0 Å². The monoisotopic (exact) mass is 321 g/mol. The van der Waals surface area contributed by atoms with E-state index in [9.17, 15) is 0 Å². The number of benzene rings is 1. The van der Waals surface area contributed by atoms with Crippen molar-refractivity contribution in [3.05, 3.63) is 39.4 Å². The van der Waals surface area contributed by atoms with Crippen LogP contribution in [0.15, 0.2) is 28.3 Å². The highest BCUT2D eigenvalue weighted by molar-refractivity contribution is 9.10. The second kappa shape index (κ2) is 6.10. The van der Waals surface area contributed by atoms with Crippen LogP contribution in [-0.2, 0) is 13.0 Å². The van der Waals surface area contributed by atoms with Gasteiger partial charge in [-0.1, -0.05) is 27.6 Å². The van der Waals surface area contributed by atoms with Gasteiger partial charge >= 0.3 is 0 Å². The molecular weight excluding hydrogens is 302 g/mol. The first-order chi connectivity index (χ1) is 9.33. The highest BCUT2D eigenvalue weighted by atomic mass is 79.9. The molecule has 102 valence electrons. The lowest BCUT2D eigenvalue weighted by Crippen LogP contribution is -2.15. The van der Waals surface area contributed by atoms with E-state index in [1.54, 1.807) is 5.57 Å². The van der Waals surface area contributed by atoms with E-state index in [-0.39, 0.29) is 0 Å². The predicted molar refractivity (Wildman–Crippen MR) is 81.6 cm³/mol. The van der Waals surface area contributed by atoms with Gasteiger partial charge in [-0.2, -0.15) is 0 Å². The van der Waals surface area contributed by atoms with E-state index in [0.717, 1.165) is 36.3 Å². The summed E-state index contributed by atoms with van der Waals surface area (Å²) in [5.41, 5.74) is 4.25. The second-order valence-corrected chi connectivity index (χ2v) is 6.25. The second-order valence-electron chi connectivity index (χ2n) is 5.33. The minimum absolute atomic E-state index is 0.825. The van der Waals surface area contributed by atoms with Crippen molar-refractivity contribution in [1.29, 1.82) is 0 Å². The summed E-state index contributed by atoms with van der Waals surface area (Å²) >= 11 is 3.59. The molecule has 0 bridgehead atoms. The molecule has 0 spiro atoms. The highest BCUT2D eigenvalue weighted by Gasteiger charge is 2.17. The van der Waals surface area contributed by atoms with Crippen molar-refractivity contribution in [2.75, 3.05) is 13.2 Å². The van der Waals surface area contributed by atoms with Crippen LogP contribution in [0.2, 0.25) is 0 Å². The number of allylic oxidation sites excluding steroid dienone is 1. The van der Waals surface area contributed by atoms with Crippen LogP contribution in [0.4, 0.5) is 0 Å². The van der Waals surface area contributed by atoms with Gasteiger partial charge in [-0.25, -0.2) is 0 Å². The molecule has 0 saturated heterocycles. The maximum atomic E-state index is 5.74. The number of hydrogen-bond acceptors (Lipinski definition) is 2. The van der Waals surface area contributed by atoms with Crippen molar-refractivity contribution in [2.24, 2.45) is 0 Å². The SMILES string of the molecule is Brc1cc2c(c(CNCCC3=CCCC3)c1)OCC2. The zero-order chi connectivity index (χ0) is 13.1. The molecule has 1 aromatic carbocycles. The minimum atomic E-state index is 0.825. The molecule has 3 rings (SSSR count). The van der Waals surface area contributed by atoms with Crippen molar-refractivity contribution < 1.29 is 4.74 Å². The van der Waals surface area contributed by atoms with Crippen LogP contribution in [-0.4, -0.2) is 13.2 Å². The van der Waals surface area contributed by atoms with Crippen LogP contribution in [0.5, 0.6) is 5.75 Å². The minimum Gasteiger partial charge on any atom is -0.493 e. The van der Waals surface area contributed by atoms with Gasteiger partial charge in [0.25, 0.3) is 0 Å². The number of ether oxygens (including phenoxy) is 1. The molecule has 3 heteroatoms. The normalized spacial score (nSPS) is 17.2. The van der Waals surface area contributed by atoms with E-state index in [1.807, 2.05) is 0 Å². The molecule has 0 atom stereocenters. The van der Waals surface area contributed by atoms with Crippen molar-refractivity contribution >= 4 is 15.9 Å². The van der Waals surface area contributed by atoms with Gasteiger partial charge in [0.15, 0.2) is 0 Å². The average molecular weight is 322 g/mol. The van der Waals surface area contributed by atoms with Gasteiger partial charge in [-0.3, -0.25) is 0 Å². The maximum absolute atomic E-state index is 5.74. The number of nitrogens with one attached hydrogen (secondary N) is 1. The largest absolute Gasteiger partial charge is 0.493 e. The fraction of sp³-hybridized carbons (Fsp3) is 0.500. The fourth-order valence-electron chi connectivity index (χ4n) is 2.91. The molecule has 1 aromatic rings. The molecule has 1 N–H and O–H groups in total. The summed E-state index contributed by atoms with van der Waals surface area (Å²) in [4.78, 5) is 0. The molecule has 1 heterocycles. The summed E-state index contributed by atoms with van der Waals surface area (Å²) in [6.45, 7) is 2.79. The molecule has 0 amide bonds. The first-order valence-corrected chi connectivity index (χ1v) is 7.95. The Balaban J connectivity index is 1.55. The summed E-state index contributed by atoms with van der Waals surface area (Å²) in [6, 6.07) is 4.35. The van der Waals surface area contributed by atoms with E-state index < -0.39 is 0 Å². The molecule has 2 aliphatic rings. The Morgan fingerprint density at radius 2 is 2.21 bits per heavy atom. The van der Waals surface area contributed by atoms with Gasteiger partial charge in [0.2, 0.25) is 0 Å². The average Bonchev–Trinajstić information content (AvgIpc) is 3.04. The molecule has 0 radical (unpaired) electrons. The molecule has 0 fully saturated rings. The summed E-state index contributed by atoms with van der Waals surface area (Å²) in [5.74, 6) is 1.11. The third-order valence-electron chi connectivity index (χ3n) is 3.90. The Bertz CT molecular complexity index is 496. The molecule has 1 aliphatic carbocycles. The Labute approximate surface area is 123 Å². The predicted octanol–water partition coefficient (Wildman–Crippen LogP) is 3.97. The molecule has 2 nitrogen and oxygen atoms in total. The van der Waals surface area contributed by atoms with Gasteiger partial charge < -0.3 is 10.1 Å². The number of fused-ring (bicyclic) bond motifs is 1. The van der Waals surface area contributed by atoms with Crippen molar-refractivity contribution in [1.82, 2.24) is 5.32 Å². The smallest absolute Gasteiger partial charge is 0.127 e. The van der Waals surface area contributed by atoms with Crippen LogP contribution in [0.25, 0.3) is 0 Å². The first-order valence-electron chi connectivity index (χ1n) is 7.15. The number of halogens is 1. The Morgan fingerprint density at radius 3 is 3.05 bits per heavy atom. The molecule has 19 heavy (non-hydrogen) atoms. The first kappa shape index (κ1) is 13.2. The molecule has 1 aliphatic heterocycles. The Kier molecular flexibility index (Phi) is 4.24. The summed E-state index contributed by atoms with van der Waals surface area (Å²) in [5, 5.41) is 3.54. The van der Waals surface area contributed by atoms with E-state index >= 15 is 0 Å². The van der Waals surface area contributed by atoms with Crippen LogP contribution in [0.1, 0.15) is 36.8 Å². The lowest BCUT2D eigenvalue weighted by Gasteiger charge is -2.10. The van der Waals surface area contributed by atoms with Crippen molar-refractivity contribution in [2.45, 2.75) is 38.6 Å². The van der Waals surface area contributed by atoms with Gasteiger partial charge in [0.05, 0.1) is 6.61 Å². The highest BCUT2D eigenvalue weighted by Crippen LogP contribution is 2.32. The number of hydrogen-bond donors (Lipinski definition) is 1. The summed E-state index contributed by atoms with van der Waals surface area (Å²) in [7, 11) is 0. The lowest BCUT2D eigenvalue weighted by atomic mass is 10.1. The molecular formula is C16H20BrNO. The zero-order valence-corrected chi connectivity index (χ0v) is 12.8. The standard InChI is InChI=1S/C16H20BrNO/c17-15-9-13-6-8-19-16(13)14(10-15)11-18-7-5-12-3-1-2-4-12/h3,9-10,18H,1-2,4-8,11H2. The third-order valence-corrected chi connectivity index (χ3v) is 4.36.